The van der Waals surface area contributed by atoms with E-state index in [9.17, 15) is 19.1 Å². The molecule has 0 amide bonds. The van der Waals surface area contributed by atoms with E-state index in [4.69, 9.17) is 4.98 Å². The zero-order valence-corrected chi connectivity index (χ0v) is 22.2. The first-order chi connectivity index (χ1) is 18.6. The quantitative estimate of drug-likeness (QED) is 0.314. The summed E-state index contributed by atoms with van der Waals surface area (Å²) < 4.78 is 15.7. The van der Waals surface area contributed by atoms with E-state index in [0.29, 0.717) is 28.0 Å². The fourth-order valence-corrected chi connectivity index (χ4v) is 6.39. The number of carboxylic acids is 1. The Morgan fingerprint density at radius 3 is 2.49 bits per heavy atom. The first-order valence-corrected chi connectivity index (χ1v) is 13.5. The third-order valence-corrected chi connectivity index (χ3v) is 8.50. The molecule has 9 heteroatoms. The lowest BCUT2D eigenvalue weighted by Crippen LogP contribution is -2.52. The Kier molecular flexibility index (Phi) is 6.04. The van der Waals surface area contributed by atoms with Gasteiger partial charge in [0.2, 0.25) is 0 Å². The van der Waals surface area contributed by atoms with Crippen molar-refractivity contribution >= 4 is 22.8 Å². The summed E-state index contributed by atoms with van der Waals surface area (Å²) >= 11 is 0. The molecule has 0 radical (unpaired) electrons. The highest BCUT2D eigenvalue weighted by Gasteiger charge is 2.47. The third kappa shape index (κ3) is 4.49. The molecule has 0 aliphatic heterocycles. The van der Waals surface area contributed by atoms with Gasteiger partial charge in [0.05, 0.1) is 17.8 Å². The molecule has 4 aromatic rings. The number of rotatable bonds is 5. The maximum atomic E-state index is 14.1. The molecule has 39 heavy (non-hydrogen) atoms. The van der Waals surface area contributed by atoms with Crippen LogP contribution in [0.3, 0.4) is 0 Å². The maximum Gasteiger partial charge on any atom is 0.308 e. The number of aromatic nitrogens is 4. The topological polar surface area (TPSA) is 113 Å². The number of H-pyrrole nitrogens is 1. The van der Waals surface area contributed by atoms with Crippen LogP contribution in [0.2, 0.25) is 0 Å². The average molecular weight is 530 g/mol. The van der Waals surface area contributed by atoms with Crippen molar-refractivity contribution in [2.24, 2.45) is 17.8 Å². The molecule has 3 fully saturated rings. The van der Waals surface area contributed by atoms with E-state index in [2.05, 4.69) is 36.1 Å². The Balaban J connectivity index is 1.50. The summed E-state index contributed by atoms with van der Waals surface area (Å²) in [6.07, 6.45) is 8.14. The molecule has 2 atom stereocenters. The number of halogens is 1. The van der Waals surface area contributed by atoms with Gasteiger partial charge in [-0.2, -0.15) is 0 Å². The highest BCUT2D eigenvalue weighted by Crippen LogP contribution is 2.46. The molecule has 3 aliphatic carbocycles. The minimum absolute atomic E-state index is 0.0487. The second kappa shape index (κ2) is 9.32. The van der Waals surface area contributed by atoms with Crippen LogP contribution in [-0.2, 0) is 10.2 Å². The second-order valence-corrected chi connectivity index (χ2v) is 11.9. The van der Waals surface area contributed by atoms with Crippen LogP contribution in [-0.4, -0.2) is 36.6 Å². The SMILES string of the molecule is CC(C)(C)c1ccc(-n2cc(-c3c[nH]c4ncc(F)cc34)nc(N[C@H]3C4CCC(CC4)[C@@H]3C(=O)O)c2=O)cc1. The van der Waals surface area contributed by atoms with Gasteiger partial charge in [0.25, 0.3) is 5.56 Å². The van der Waals surface area contributed by atoms with Gasteiger partial charge in [-0.05, 0) is 66.7 Å². The smallest absolute Gasteiger partial charge is 0.308 e. The van der Waals surface area contributed by atoms with Crippen molar-refractivity contribution in [1.82, 2.24) is 19.5 Å². The largest absolute Gasteiger partial charge is 0.481 e. The summed E-state index contributed by atoms with van der Waals surface area (Å²) in [5.74, 6) is -1.55. The van der Waals surface area contributed by atoms with Crippen molar-refractivity contribution < 1.29 is 14.3 Å². The Hall–Kier alpha value is -4.01. The lowest BCUT2D eigenvalue weighted by Gasteiger charge is -2.47. The Morgan fingerprint density at radius 1 is 1.13 bits per heavy atom. The third-order valence-electron chi connectivity index (χ3n) is 8.50. The summed E-state index contributed by atoms with van der Waals surface area (Å²) in [5.41, 5.74) is 2.93. The van der Waals surface area contributed by atoms with Crippen LogP contribution in [0.1, 0.15) is 52.0 Å². The fourth-order valence-electron chi connectivity index (χ4n) is 6.39. The van der Waals surface area contributed by atoms with E-state index in [0.717, 1.165) is 37.4 Å². The Morgan fingerprint density at radius 2 is 1.82 bits per heavy atom. The van der Waals surface area contributed by atoms with Gasteiger partial charge in [-0.25, -0.2) is 14.4 Å². The first kappa shape index (κ1) is 25.3. The monoisotopic (exact) mass is 529 g/mol. The minimum Gasteiger partial charge on any atom is -0.481 e. The van der Waals surface area contributed by atoms with Crippen molar-refractivity contribution in [1.29, 1.82) is 0 Å². The molecule has 3 aliphatic rings. The van der Waals surface area contributed by atoms with Crippen molar-refractivity contribution in [3.8, 4) is 16.9 Å². The number of benzene rings is 1. The Bertz CT molecular complexity index is 1610. The fraction of sp³-hybridized carbons (Fsp3) is 0.400. The van der Waals surface area contributed by atoms with Crippen LogP contribution < -0.4 is 10.9 Å². The number of hydrogen-bond acceptors (Lipinski definition) is 5. The molecule has 3 aromatic heterocycles. The predicted octanol–water partition coefficient (Wildman–Crippen LogP) is 5.51. The van der Waals surface area contributed by atoms with E-state index in [-0.39, 0.29) is 34.7 Å². The van der Waals surface area contributed by atoms with Gasteiger partial charge >= 0.3 is 5.97 Å². The number of nitrogens with zero attached hydrogens (tertiary/aromatic N) is 3. The van der Waals surface area contributed by atoms with Crippen LogP contribution >= 0.6 is 0 Å². The summed E-state index contributed by atoms with van der Waals surface area (Å²) in [5, 5.41) is 13.9. The lowest BCUT2D eigenvalue weighted by molar-refractivity contribution is -0.148. The van der Waals surface area contributed by atoms with E-state index in [1.807, 2.05) is 24.3 Å². The summed E-state index contributed by atoms with van der Waals surface area (Å²) in [4.78, 5) is 38.0. The van der Waals surface area contributed by atoms with Gasteiger partial charge in [-0.3, -0.25) is 14.2 Å². The molecule has 202 valence electrons. The molecule has 0 unspecified atom stereocenters. The molecule has 1 aromatic carbocycles. The van der Waals surface area contributed by atoms with Crippen molar-refractivity contribution in [3.63, 3.8) is 0 Å². The maximum absolute atomic E-state index is 14.1. The normalized spacial score (nSPS) is 22.8. The zero-order valence-electron chi connectivity index (χ0n) is 22.2. The van der Waals surface area contributed by atoms with Gasteiger partial charge < -0.3 is 15.4 Å². The van der Waals surface area contributed by atoms with Crippen LogP contribution in [0, 0.1) is 23.6 Å². The van der Waals surface area contributed by atoms with Gasteiger partial charge in [0, 0.05) is 35.1 Å². The number of hydrogen-bond donors (Lipinski definition) is 3. The van der Waals surface area contributed by atoms with E-state index < -0.39 is 17.7 Å². The predicted molar refractivity (Wildman–Crippen MR) is 148 cm³/mol. The Labute approximate surface area is 225 Å². The van der Waals surface area contributed by atoms with Crippen molar-refractivity contribution in [3.05, 3.63) is 70.7 Å². The molecule has 0 saturated heterocycles. The molecule has 0 spiro atoms. The number of aromatic amines is 1. The summed E-state index contributed by atoms with van der Waals surface area (Å²) in [6, 6.07) is 8.80. The number of carboxylic acid groups (broad SMARTS) is 1. The lowest BCUT2D eigenvalue weighted by atomic mass is 9.61. The van der Waals surface area contributed by atoms with Gasteiger partial charge in [-0.15, -0.1) is 0 Å². The van der Waals surface area contributed by atoms with Crippen molar-refractivity contribution in [2.75, 3.05) is 5.32 Å². The van der Waals surface area contributed by atoms with E-state index in [1.54, 1.807) is 12.4 Å². The number of nitrogens with one attached hydrogen (secondary N) is 2. The number of carbonyl (C=O) groups is 1. The molecule has 3 N–H and O–H groups in total. The number of fused-ring (bicyclic) bond motifs is 4. The van der Waals surface area contributed by atoms with Crippen LogP contribution in [0.15, 0.2) is 53.7 Å². The summed E-state index contributed by atoms with van der Waals surface area (Å²) in [7, 11) is 0. The second-order valence-electron chi connectivity index (χ2n) is 11.9. The van der Waals surface area contributed by atoms with Gasteiger partial charge in [-0.1, -0.05) is 32.9 Å². The molecular weight excluding hydrogens is 497 g/mol. The number of anilines is 1. The van der Waals surface area contributed by atoms with E-state index in [1.165, 1.54) is 10.6 Å². The minimum atomic E-state index is -0.839. The van der Waals surface area contributed by atoms with Gasteiger partial charge in [0.15, 0.2) is 5.82 Å². The van der Waals surface area contributed by atoms with Gasteiger partial charge in [0.1, 0.15) is 11.5 Å². The van der Waals surface area contributed by atoms with E-state index >= 15 is 0 Å². The van der Waals surface area contributed by atoms with Crippen LogP contribution in [0.4, 0.5) is 10.2 Å². The highest BCUT2D eigenvalue weighted by atomic mass is 19.1. The number of aliphatic carboxylic acids is 1. The molecule has 8 nitrogen and oxygen atoms in total. The molecule has 2 bridgehead atoms. The average Bonchev–Trinajstić information content (AvgIpc) is 3.33. The standard InChI is InChI=1S/C30H32FN5O3/c1-30(2,3)18-8-10-20(11-9-18)36-15-23(22-14-33-26-21(22)12-19(31)13-32-26)34-27(28(36)37)35-25-17-6-4-16(5-7-17)24(25)29(38)39/h8-17,24-25H,4-7H2,1-3H3,(H,32,33)(H,34,35)(H,38,39)/t16?,17?,24-,25-/m0/s1. The first-order valence-electron chi connectivity index (χ1n) is 13.5. The highest BCUT2D eigenvalue weighted by molar-refractivity contribution is 5.92. The van der Waals surface area contributed by atoms with Crippen molar-refractivity contribution in [2.45, 2.75) is 57.9 Å². The zero-order chi connectivity index (χ0) is 27.5. The van der Waals surface area contributed by atoms with Crippen LogP contribution in [0.25, 0.3) is 28.0 Å². The molecule has 3 heterocycles. The molecular formula is C30H32FN5O3. The number of pyridine rings is 1. The molecule has 7 rings (SSSR count). The summed E-state index contributed by atoms with van der Waals surface area (Å²) in [6.45, 7) is 6.38. The van der Waals surface area contributed by atoms with Crippen LogP contribution in [0.5, 0.6) is 0 Å². The molecule has 3 saturated carbocycles.